The maximum absolute atomic E-state index is 13.5. The summed E-state index contributed by atoms with van der Waals surface area (Å²) >= 11 is 13.7. The zero-order valence-corrected chi connectivity index (χ0v) is 19.3. The molecule has 2 aliphatic rings. The van der Waals surface area contributed by atoms with Crippen molar-refractivity contribution in [1.29, 1.82) is 5.26 Å². The number of para-hydroxylation sites is 1. The second kappa shape index (κ2) is 9.97. The van der Waals surface area contributed by atoms with Gasteiger partial charge in [-0.05, 0) is 30.2 Å². The minimum absolute atomic E-state index is 0.0474. The summed E-state index contributed by atoms with van der Waals surface area (Å²) in [5, 5.41) is 10.5. The molecule has 2 aliphatic heterocycles. The average molecular weight is 488 g/mol. The van der Waals surface area contributed by atoms with Crippen molar-refractivity contribution in [2.24, 2.45) is 0 Å². The minimum Gasteiger partial charge on any atom is -0.378 e. The van der Waals surface area contributed by atoms with Crippen molar-refractivity contribution in [3.63, 3.8) is 0 Å². The number of carbonyl (C=O) groups is 2. The molecule has 2 saturated heterocycles. The van der Waals surface area contributed by atoms with Crippen molar-refractivity contribution in [2.45, 2.75) is 11.7 Å². The van der Waals surface area contributed by atoms with Crippen LogP contribution in [0, 0.1) is 11.3 Å². The fourth-order valence-corrected chi connectivity index (χ4v) is 5.31. The van der Waals surface area contributed by atoms with Crippen molar-refractivity contribution >= 4 is 52.5 Å². The maximum atomic E-state index is 13.5. The standard InChI is InChI=1S/C23H19Cl2N3O3S/c24-18-8-4-5-15(20(18)25)13-19-22(30)28(16-6-2-1-3-7-16)23(32-19)17(14-26)21(29)27-9-11-31-12-10-27/h1-8,19H,9-13H2. The molecule has 1 atom stereocenters. The second-order valence-corrected chi connectivity index (χ2v) is 9.21. The van der Waals surface area contributed by atoms with Gasteiger partial charge in [0, 0.05) is 18.8 Å². The first kappa shape index (κ1) is 22.7. The molecule has 2 aromatic carbocycles. The highest BCUT2D eigenvalue weighted by molar-refractivity contribution is 8.05. The van der Waals surface area contributed by atoms with Crippen molar-refractivity contribution in [3.05, 3.63) is 74.7 Å². The Morgan fingerprint density at radius 2 is 1.84 bits per heavy atom. The van der Waals surface area contributed by atoms with Gasteiger partial charge in [-0.25, -0.2) is 0 Å². The molecule has 0 aromatic heterocycles. The average Bonchev–Trinajstić information content (AvgIpc) is 3.14. The van der Waals surface area contributed by atoms with E-state index < -0.39 is 11.2 Å². The normalized spacial score (nSPS) is 20.3. The predicted octanol–water partition coefficient (Wildman–Crippen LogP) is 4.28. The van der Waals surface area contributed by atoms with Gasteiger partial charge in [0.25, 0.3) is 5.91 Å². The summed E-state index contributed by atoms with van der Waals surface area (Å²) in [6, 6.07) is 16.4. The van der Waals surface area contributed by atoms with Gasteiger partial charge in [0.1, 0.15) is 16.7 Å². The van der Waals surface area contributed by atoms with Crippen LogP contribution >= 0.6 is 35.0 Å². The van der Waals surface area contributed by atoms with Crippen LogP contribution in [0.1, 0.15) is 5.56 Å². The SMILES string of the molecule is N#CC(C(=O)N1CCOCC1)=C1SC(Cc2cccc(Cl)c2Cl)C(=O)N1c1ccccc1. The molecule has 0 aliphatic carbocycles. The fraction of sp³-hybridized carbons (Fsp3) is 0.261. The Balaban J connectivity index is 1.74. The van der Waals surface area contributed by atoms with Crippen molar-refractivity contribution in [2.75, 3.05) is 31.2 Å². The Kier molecular flexibility index (Phi) is 7.07. The number of hydrogen-bond donors (Lipinski definition) is 0. The lowest BCUT2D eigenvalue weighted by Crippen LogP contribution is -2.42. The number of thioether (sulfide) groups is 1. The van der Waals surface area contributed by atoms with Crippen LogP contribution in [0.4, 0.5) is 5.69 Å². The first-order valence-corrected chi connectivity index (χ1v) is 11.6. The van der Waals surface area contributed by atoms with E-state index in [2.05, 4.69) is 6.07 Å². The third-order valence-corrected chi connectivity index (χ3v) is 7.36. The summed E-state index contributed by atoms with van der Waals surface area (Å²) in [7, 11) is 0. The van der Waals surface area contributed by atoms with Gasteiger partial charge in [-0.2, -0.15) is 5.26 Å². The quantitative estimate of drug-likeness (QED) is 0.475. The lowest BCUT2D eigenvalue weighted by molar-refractivity contribution is -0.130. The van der Waals surface area contributed by atoms with Crippen LogP contribution in [-0.4, -0.2) is 48.3 Å². The number of nitriles is 1. The van der Waals surface area contributed by atoms with Gasteiger partial charge in [0.05, 0.1) is 28.5 Å². The van der Waals surface area contributed by atoms with Gasteiger partial charge >= 0.3 is 0 Å². The molecule has 2 heterocycles. The van der Waals surface area contributed by atoms with Crippen LogP contribution in [-0.2, 0) is 20.7 Å². The smallest absolute Gasteiger partial charge is 0.267 e. The number of nitrogens with zero attached hydrogens (tertiary/aromatic N) is 3. The highest BCUT2D eigenvalue weighted by atomic mass is 35.5. The topological polar surface area (TPSA) is 73.6 Å². The lowest BCUT2D eigenvalue weighted by atomic mass is 10.1. The Bertz CT molecular complexity index is 1110. The first-order valence-electron chi connectivity index (χ1n) is 10.0. The van der Waals surface area contributed by atoms with Gasteiger partial charge in [-0.1, -0.05) is 65.3 Å². The van der Waals surface area contributed by atoms with Crippen LogP contribution in [0.25, 0.3) is 0 Å². The Morgan fingerprint density at radius 3 is 2.53 bits per heavy atom. The predicted molar refractivity (Wildman–Crippen MR) is 126 cm³/mol. The minimum atomic E-state index is -0.554. The van der Waals surface area contributed by atoms with Crippen molar-refractivity contribution in [1.82, 2.24) is 4.90 Å². The van der Waals surface area contributed by atoms with Crippen molar-refractivity contribution in [3.8, 4) is 6.07 Å². The molecular weight excluding hydrogens is 469 g/mol. The molecule has 0 spiro atoms. The van der Waals surface area contributed by atoms with E-state index >= 15 is 0 Å². The first-order chi connectivity index (χ1) is 15.5. The van der Waals surface area contributed by atoms with E-state index in [0.717, 1.165) is 5.56 Å². The molecule has 164 valence electrons. The van der Waals surface area contributed by atoms with Crippen molar-refractivity contribution < 1.29 is 14.3 Å². The Labute approximate surface area is 200 Å². The van der Waals surface area contributed by atoms with E-state index in [1.165, 1.54) is 16.7 Å². The van der Waals surface area contributed by atoms with Gasteiger partial charge < -0.3 is 9.64 Å². The molecule has 6 nitrogen and oxygen atoms in total. The van der Waals surface area contributed by atoms with E-state index in [4.69, 9.17) is 27.9 Å². The number of hydrogen-bond acceptors (Lipinski definition) is 5. The summed E-state index contributed by atoms with van der Waals surface area (Å²) in [5.41, 5.74) is 1.29. The summed E-state index contributed by atoms with van der Waals surface area (Å²) in [5.74, 6) is -0.608. The number of halogens is 2. The molecule has 4 rings (SSSR count). The number of rotatable bonds is 4. The van der Waals surface area contributed by atoms with E-state index in [1.54, 1.807) is 29.2 Å². The number of benzene rings is 2. The molecule has 1 unspecified atom stereocenters. The highest BCUT2D eigenvalue weighted by Crippen LogP contribution is 2.43. The number of carbonyl (C=O) groups excluding carboxylic acids is 2. The van der Waals surface area contributed by atoms with Gasteiger partial charge in [-0.15, -0.1) is 0 Å². The number of anilines is 1. The molecule has 0 N–H and O–H groups in total. The fourth-order valence-electron chi connectivity index (χ4n) is 3.62. The molecule has 32 heavy (non-hydrogen) atoms. The molecule has 0 radical (unpaired) electrons. The molecular formula is C23H19Cl2N3O3S. The number of morpholine rings is 1. The van der Waals surface area contributed by atoms with Gasteiger partial charge in [0.15, 0.2) is 0 Å². The molecule has 2 amide bonds. The third-order valence-electron chi connectivity index (χ3n) is 5.24. The maximum Gasteiger partial charge on any atom is 0.267 e. The summed E-state index contributed by atoms with van der Waals surface area (Å²) in [6.07, 6.45) is 0.320. The van der Waals surface area contributed by atoms with Crippen LogP contribution in [0.2, 0.25) is 10.0 Å². The Hall–Kier alpha value is -2.50. The van der Waals surface area contributed by atoms with E-state index in [0.29, 0.717) is 53.5 Å². The lowest BCUT2D eigenvalue weighted by Gasteiger charge is -2.27. The van der Waals surface area contributed by atoms with Gasteiger partial charge in [-0.3, -0.25) is 14.5 Å². The number of amides is 2. The summed E-state index contributed by atoms with van der Waals surface area (Å²) in [6.45, 7) is 1.65. The van der Waals surface area contributed by atoms with E-state index in [-0.39, 0.29) is 11.5 Å². The van der Waals surface area contributed by atoms with Crippen LogP contribution < -0.4 is 4.90 Å². The zero-order chi connectivity index (χ0) is 22.7. The van der Waals surface area contributed by atoms with Crippen LogP contribution in [0.3, 0.4) is 0 Å². The number of ether oxygens (including phenoxy) is 1. The van der Waals surface area contributed by atoms with Gasteiger partial charge in [0.2, 0.25) is 5.91 Å². The molecule has 2 aromatic rings. The molecule has 0 saturated carbocycles. The second-order valence-electron chi connectivity index (χ2n) is 7.23. The van der Waals surface area contributed by atoms with Crippen LogP contribution in [0.5, 0.6) is 0 Å². The summed E-state index contributed by atoms with van der Waals surface area (Å²) in [4.78, 5) is 29.7. The Morgan fingerprint density at radius 1 is 1.12 bits per heavy atom. The highest BCUT2D eigenvalue weighted by Gasteiger charge is 2.41. The largest absolute Gasteiger partial charge is 0.378 e. The molecule has 0 bridgehead atoms. The molecule has 2 fully saturated rings. The third kappa shape index (κ3) is 4.50. The zero-order valence-electron chi connectivity index (χ0n) is 17.0. The monoisotopic (exact) mass is 487 g/mol. The molecule has 9 heteroatoms. The van der Waals surface area contributed by atoms with E-state index in [1.807, 2.05) is 24.3 Å². The summed E-state index contributed by atoms with van der Waals surface area (Å²) < 4.78 is 5.31. The van der Waals surface area contributed by atoms with Crippen LogP contribution in [0.15, 0.2) is 59.1 Å². The van der Waals surface area contributed by atoms with E-state index in [9.17, 15) is 14.9 Å².